The third-order valence-corrected chi connectivity index (χ3v) is 5.23. The van der Waals surface area contributed by atoms with Gasteiger partial charge in [0, 0.05) is 47.2 Å². The van der Waals surface area contributed by atoms with Crippen molar-refractivity contribution in [3.63, 3.8) is 0 Å². The van der Waals surface area contributed by atoms with Crippen molar-refractivity contribution in [2.75, 3.05) is 4.72 Å². The van der Waals surface area contributed by atoms with Gasteiger partial charge in [-0.1, -0.05) is 13.5 Å². The Labute approximate surface area is 169 Å². The number of hydrogen-bond acceptors (Lipinski definition) is 5. The van der Waals surface area contributed by atoms with Crippen LogP contribution in [0.2, 0.25) is 0 Å². The average Bonchev–Trinajstić information content (AvgIpc) is 2.71. The number of hydrogen-bond donors (Lipinski definition) is 1. The quantitative estimate of drug-likeness (QED) is 0.640. The molecule has 3 aromatic rings. The predicted molar refractivity (Wildman–Crippen MR) is 114 cm³/mol. The summed E-state index contributed by atoms with van der Waals surface area (Å²) in [7, 11) is -1.99. The maximum Gasteiger partial charge on any atom is 0.254 e. The lowest BCUT2D eigenvalue weighted by Gasteiger charge is -2.15. The molecule has 0 spiro atoms. The zero-order chi connectivity index (χ0) is 21.0. The van der Waals surface area contributed by atoms with Crippen LogP contribution < -0.4 is 15.0 Å². The van der Waals surface area contributed by atoms with Gasteiger partial charge in [0.1, 0.15) is 11.5 Å². The van der Waals surface area contributed by atoms with Crippen LogP contribution in [0.15, 0.2) is 71.8 Å². The van der Waals surface area contributed by atoms with Crippen molar-refractivity contribution in [3.05, 3.63) is 82.9 Å². The molecule has 150 valence electrons. The topological polar surface area (TPSA) is 90.3 Å². The van der Waals surface area contributed by atoms with Crippen molar-refractivity contribution in [1.82, 2.24) is 9.55 Å². The van der Waals surface area contributed by atoms with E-state index in [9.17, 15) is 13.2 Å². The first-order valence-electron chi connectivity index (χ1n) is 8.90. The Bertz CT molecular complexity index is 1200. The molecular formula is C21H21N3O4S. The molecule has 29 heavy (non-hydrogen) atoms. The van der Waals surface area contributed by atoms with Crippen LogP contribution in [0.4, 0.5) is 5.69 Å². The van der Waals surface area contributed by atoms with Gasteiger partial charge < -0.3 is 9.30 Å². The number of anilines is 1. The van der Waals surface area contributed by atoms with Crippen LogP contribution in [0.25, 0.3) is 11.1 Å². The van der Waals surface area contributed by atoms with Crippen molar-refractivity contribution in [3.8, 4) is 22.6 Å². The number of sulfonamides is 1. The van der Waals surface area contributed by atoms with E-state index < -0.39 is 10.0 Å². The van der Waals surface area contributed by atoms with Crippen LogP contribution in [-0.4, -0.2) is 18.0 Å². The minimum atomic E-state index is -3.66. The van der Waals surface area contributed by atoms with Gasteiger partial charge >= 0.3 is 0 Å². The first-order chi connectivity index (χ1) is 13.8. The first kappa shape index (κ1) is 20.3. The molecule has 0 aliphatic rings. The van der Waals surface area contributed by atoms with Crippen LogP contribution in [0.3, 0.4) is 0 Å². The summed E-state index contributed by atoms with van der Waals surface area (Å²) >= 11 is 0. The van der Waals surface area contributed by atoms with Crippen LogP contribution in [0.1, 0.15) is 12.5 Å². The predicted octanol–water partition coefficient (Wildman–Crippen LogP) is 3.69. The summed E-state index contributed by atoms with van der Waals surface area (Å²) in [5, 5.41) is 0.841. The fourth-order valence-electron chi connectivity index (χ4n) is 2.83. The second-order valence-corrected chi connectivity index (χ2v) is 7.97. The Balaban J connectivity index is 2.16. The van der Waals surface area contributed by atoms with Crippen LogP contribution in [-0.2, 0) is 23.5 Å². The molecule has 3 rings (SSSR count). The normalized spacial score (nSPS) is 11.1. The van der Waals surface area contributed by atoms with E-state index in [0.717, 1.165) is 11.0 Å². The lowest BCUT2D eigenvalue weighted by atomic mass is 10.0. The smallest absolute Gasteiger partial charge is 0.254 e. The van der Waals surface area contributed by atoms with Gasteiger partial charge in [-0.25, -0.2) is 8.42 Å². The number of ether oxygens (including phenoxy) is 1. The van der Waals surface area contributed by atoms with Crippen molar-refractivity contribution >= 4 is 15.7 Å². The van der Waals surface area contributed by atoms with Gasteiger partial charge in [-0.2, -0.15) is 0 Å². The zero-order valence-electron chi connectivity index (χ0n) is 16.1. The van der Waals surface area contributed by atoms with Gasteiger partial charge in [-0.15, -0.1) is 0 Å². The number of benzene rings is 1. The molecule has 7 nitrogen and oxygen atoms in total. The largest absolute Gasteiger partial charge is 0.455 e. The van der Waals surface area contributed by atoms with Gasteiger partial charge in [0.15, 0.2) is 0 Å². The number of pyridine rings is 2. The number of aryl methyl sites for hydroxylation is 2. The minimum absolute atomic E-state index is 0.0745. The van der Waals surface area contributed by atoms with E-state index in [1.165, 1.54) is 4.57 Å². The molecule has 0 bridgehead atoms. The Morgan fingerprint density at radius 2 is 2.07 bits per heavy atom. The standard InChI is InChI=1S/C21H21N3O4S/c1-4-15-11-16(14-24(3)21(15)25)19-12-17(23-29(26,27)5-2)8-9-20(19)28-18-7-6-10-22-13-18/h5-14,23H,2,4H2,1,3H3. The van der Waals surface area contributed by atoms with Crippen LogP contribution in [0.5, 0.6) is 11.5 Å². The van der Waals surface area contributed by atoms with Crippen LogP contribution >= 0.6 is 0 Å². The summed E-state index contributed by atoms with van der Waals surface area (Å²) < 4.78 is 33.7. The van der Waals surface area contributed by atoms with Crippen molar-refractivity contribution in [1.29, 1.82) is 0 Å². The molecule has 0 aliphatic heterocycles. The monoisotopic (exact) mass is 411 g/mol. The molecule has 2 aromatic heterocycles. The van der Waals surface area contributed by atoms with Crippen molar-refractivity contribution in [2.45, 2.75) is 13.3 Å². The molecule has 0 atom stereocenters. The van der Waals surface area contributed by atoms with E-state index in [0.29, 0.717) is 34.7 Å². The average molecular weight is 411 g/mol. The molecule has 0 radical (unpaired) electrons. The maximum atomic E-state index is 12.3. The fraction of sp³-hybridized carbons (Fsp3) is 0.143. The van der Waals surface area contributed by atoms with E-state index in [1.54, 1.807) is 62.0 Å². The summed E-state index contributed by atoms with van der Waals surface area (Å²) in [4.78, 5) is 16.3. The second-order valence-electron chi connectivity index (χ2n) is 6.34. The van der Waals surface area contributed by atoms with E-state index >= 15 is 0 Å². The van der Waals surface area contributed by atoms with Crippen molar-refractivity contribution in [2.24, 2.45) is 7.05 Å². The number of rotatable bonds is 7. The summed E-state index contributed by atoms with van der Waals surface area (Å²) in [6.45, 7) is 5.21. The van der Waals surface area contributed by atoms with E-state index in [1.807, 2.05) is 6.92 Å². The third kappa shape index (κ3) is 4.72. The van der Waals surface area contributed by atoms with E-state index in [4.69, 9.17) is 4.74 Å². The maximum absolute atomic E-state index is 12.3. The van der Waals surface area contributed by atoms with Gasteiger partial charge in [0.2, 0.25) is 0 Å². The molecule has 0 saturated carbocycles. The fourth-order valence-corrected chi connectivity index (χ4v) is 3.37. The number of nitrogens with one attached hydrogen (secondary N) is 1. The Morgan fingerprint density at radius 3 is 2.72 bits per heavy atom. The highest BCUT2D eigenvalue weighted by atomic mass is 32.2. The lowest BCUT2D eigenvalue weighted by Crippen LogP contribution is -2.20. The highest BCUT2D eigenvalue weighted by Crippen LogP contribution is 2.35. The molecule has 0 unspecified atom stereocenters. The molecule has 0 fully saturated rings. The molecule has 0 amide bonds. The van der Waals surface area contributed by atoms with Crippen LogP contribution in [0, 0.1) is 0 Å². The van der Waals surface area contributed by atoms with Crippen molar-refractivity contribution < 1.29 is 13.2 Å². The zero-order valence-corrected chi connectivity index (χ0v) is 16.9. The van der Waals surface area contributed by atoms with Gasteiger partial charge in [0.25, 0.3) is 15.6 Å². The lowest BCUT2D eigenvalue weighted by molar-refractivity contribution is 0.482. The molecule has 8 heteroatoms. The highest BCUT2D eigenvalue weighted by Gasteiger charge is 2.14. The number of nitrogens with zero attached hydrogens (tertiary/aromatic N) is 2. The second kappa shape index (κ2) is 8.32. The molecule has 0 aliphatic carbocycles. The molecule has 2 heterocycles. The Morgan fingerprint density at radius 1 is 1.28 bits per heavy atom. The highest BCUT2D eigenvalue weighted by molar-refractivity contribution is 7.95. The minimum Gasteiger partial charge on any atom is -0.455 e. The summed E-state index contributed by atoms with van der Waals surface area (Å²) in [6, 6.07) is 10.2. The summed E-state index contributed by atoms with van der Waals surface area (Å²) in [5.74, 6) is 1.04. The van der Waals surface area contributed by atoms with E-state index in [-0.39, 0.29) is 5.56 Å². The van der Waals surface area contributed by atoms with Gasteiger partial charge in [-0.05, 0) is 42.8 Å². The SMILES string of the molecule is C=CS(=O)(=O)Nc1ccc(Oc2cccnc2)c(-c2cc(CC)c(=O)n(C)c2)c1. The summed E-state index contributed by atoms with van der Waals surface area (Å²) in [6.07, 6.45) is 5.48. The van der Waals surface area contributed by atoms with E-state index in [2.05, 4.69) is 16.3 Å². The number of aromatic nitrogens is 2. The Hall–Kier alpha value is -3.39. The molecular weight excluding hydrogens is 390 g/mol. The molecule has 1 aromatic carbocycles. The first-order valence-corrected chi connectivity index (χ1v) is 10.4. The Kier molecular flexibility index (Phi) is 5.84. The van der Waals surface area contributed by atoms with Gasteiger partial charge in [-0.3, -0.25) is 14.5 Å². The molecule has 0 saturated heterocycles. The van der Waals surface area contributed by atoms with Gasteiger partial charge in [0.05, 0.1) is 6.20 Å². The molecule has 1 N–H and O–H groups in total. The third-order valence-electron chi connectivity index (χ3n) is 4.27. The summed E-state index contributed by atoms with van der Waals surface area (Å²) in [5.41, 5.74) is 2.28.